The Hall–Kier alpha value is -3.55. The Bertz CT molecular complexity index is 1720. The molecule has 1 saturated carbocycles. The smallest absolute Gasteiger partial charge is 0.308 e. The van der Waals surface area contributed by atoms with E-state index in [1.807, 2.05) is 12.1 Å². The van der Waals surface area contributed by atoms with Gasteiger partial charge in [-0.3, -0.25) is 19.1 Å². The van der Waals surface area contributed by atoms with Gasteiger partial charge in [0, 0.05) is 25.2 Å². The number of nitrogens with zero attached hydrogens (tertiary/aromatic N) is 3. The number of carbonyl (C=O) groups excluding carboxylic acids is 3. The van der Waals surface area contributed by atoms with E-state index >= 15 is 4.39 Å². The molecule has 0 radical (unpaired) electrons. The highest BCUT2D eigenvalue weighted by atomic mass is 35.5. The largest absolute Gasteiger partial charge is 0.469 e. The number of methoxy groups -OCH3 is 1. The number of ether oxygens (including phenoxy) is 2. The number of nitrogens with one attached hydrogen (secondary N) is 1. The molecule has 242 valence electrons. The number of likely N-dealkylation sites (tertiary alicyclic amines) is 1. The van der Waals surface area contributed by atoms with Gasteiger partial charge < -0.3 is 19.7 Å². The van der Waals surface area contributed by atoms with Crippen LogP contribution in [0.15, 0.2) is 36.4 Å². The average Bonchev–Trinajstić information content (AvgIpc) is 3.60. The second kappa shape index (κ2) is 13.4. The van der Waals surface area contributed by atoms with E-state index in [9.17, 15) is 22.8 Å². The van der Waals surface area contributed by atoms with Crippen molar-refractivity contribution in [1.82, 2.24) is 14.7 Å². The highest BCUT2D eigenvalue weighted by Gasteiger charge is 2.40. The molecule has 45 heavy (non-hydrogen) atoms. The summed E-state index contributed by atoms with van der Waals surface area (Å²) in [7, 11) is -0.368. The van der Waals surface area contributed by atoms with Crippen molar-refractivity contribution in [2.45, 2.75) is 55.9 Å². The summed E-state index contributed by atoms with van der Waals surface area (Å²) in [4.78, 5) is 39.8. The summed E-state index contributed by atoms with van der Waals surface area (Å²) in [5.41, 5.74) is 0.943. The van der Waals surface area contributed by atoms with Gasteiger partial charge in [-0.1, -0.05) is 29.8 Å². The number of amides is 2. The van der Waals surface area contributed by atoms with Crippen LogP contribution in [0.3, 0.4) is 0 Å². The standard InChI is InChI=1S/C31H36ClFN4O7S/c1-36-27-7-5-4-6-23(27)29(35-36)30(39)34-26-15-25(33)19(12-24(26)32)13-28(38)37-16-22(45(3,41)42)14-20(37)17-44-21-10-8-18(9-11-21)31(40)43-2/h4-7,12,15,18,20-22H,8-11,13-14,16-17H2,1-3H3,(H,34,39)/t18-,20-,21-,22-/m0/s1. The molecule has 0 spiro atoms. The minimum absolute atomic E-state index is 0.00916. The third kappa shape index (κ3) is 7.31. The van der Waals surface area contributed by atoms with E-state index in [4.69, 9.17) is 21.1 Å². The van der Waals surface area contributed by atoms with Gasteiger partial charge in [-0.2, -0.15) is 5.10 Å². The number of hydrogen-bond acceptors (Lipinski definition) is 8. The van der Waals surface area contributed by atoms with E-state index < -0.39 is 38.8 Å². The van der Waals surface area contributed by atoms with Gasteiger partial charge in [0.2, 0.25) is 5.91 Å². The van der Waals surface area contributed by atoms with E-state index in [0.29, 0.717) is 31.1 Å². The number of sulfone groups is 1. The second-order valence-corrected chi connectivity index (χ2v) is 14.5. The Morgan fingerprint density at radius 1 is 1.13 bits per heavy atom. The summed E-state index contributed by atoms with van der Waals surface area (Å²) < 4.78 is 52.6. The van der Waals surface area contributed by atoms with Crippen LogP contribution in [0.1, 0.15) is 48.2 Å². The Balaban J connectivity index is 1.25. The van der Waals surface area contributed by atoms with Crippen LogP contribution in [0.25, 0.3) is 10.9 Å². The van der Waals surface area contributed by atoms with Gasteiger partial charge >= 0.3 is 5.97 Å². The van der Waals surface area contributed by atoms with Crippen molar-refractivity contribution < 1.29 is 36.7 Å². The molecule has 0 bridgehead atoms. The van der Waals surface area contributed by atoms with Crippen molar-refractivity contribution in [2.24, 2.45) is 13.0 Å². The highest BCUT2D eigenvalue weighted by molar-refractivity contribution is 7.91. The van der Waals surface area contributed by atoms with Gasteiger partial charge in [0.05, 0.1) is 59.7 Å². The molecule has 14 heteroatoms. The quantitative estimate of drug-likeness (QED) is 0.341. The van der Waals surface area contributed by atoms with E-state index in [-0.39, 0.29) is 66.0 Å². The fraction of sp³-hybridized carbons (Fsp3) is 0.484. The number of benzene rings is 2. The van der Waals surface area contributed by atoms with Gasteiger partial charge in [-0.25, -0.2) is 12.8 Å². The lowest BCUT2D eigenvalue weighted by molar-refractivity contribution is -0.148. The zero-order valence-corrected chi connectivity index (χ0v) is 26.9. The summed E-state index contributed by atoms with van der Waals surface area (Å²) >= 11 is 6.43. The predicted molar refractivity (Wildman–Crippen MR) is 166 cm³/mol. The van der Waals surface area contributed by atoms with Gasteiger partial charge in [0.15, 0.2) is 15.5 Å². The van der Waals surface area contributed by atoms with E-state index in [1.165, 1.54) is 18.1 Å². The third-order valence-electron chi connectivity index (χ3n) is 8.73. The maximum atomic E-state index is 15.3. The van der Waals surface area contributed by atoms with Crippen LogP contribution in [-0.4, -0.2) is 84.8 Å². The van der Waals surface area contributed by atoms with E-state index in [1.54, 1.807) is 23.9 Å². The number of carbonyl (C=O) groups is 3. The lowest BCUT2D eigenvalue weighted by atomic mass is 9.87. The molecule has 2 aliphatic rings. The van der Waals surface area contributed by atoms with Crippen LogP contribution in [0.4, 0.5) is 10.1 Å². The van der Waals surface area contributed by atoms with Gasteiger partial charge in [-0.05, 0) is 55.9 Å². The minimum atomic E-state index is -3.45. The molecule has 2 aromatic carbocycles. The van der Waals surface area contributed by atoms with Crippen molar-refractivity contribution in [3.05, 3.63) is 58.5 Å². The fourth-order valence-electron chi connectivity index (χ4n) is 6.17. The predicted octanol–water partition coefficient (Wildman–Crippen LogP) is 3.92. The molecule has 3 aromatic rings. The summed E-state index contributed by atoms with van der Waals surface area (Å²) in [6, 6.07) is 9.03. The Kier molecular flexibility index (Phi) is 9.80. The van der Waals surface area contributed by atoms with Crippen molar-refractivity contribution >= 4 is 55.8 Å². The molecule has 2 heterocycles. The maximum absolute atomic E-state index is 15.3. The molecule has 2 fully saturated rings. The van der Waals surface area contributed by atoms with Crippen LogP contribution >= 0.6 is 11.6 Å². The summed E-state index contributed by atoms with van der Waals surface area (Å²) in [5.74, 6) is -2.17. The molecule has 1 N–H and O–H groups in total. The first-order chi connectivity index (χ1) is 21.3. The van der Waals surface area contributed by atoms with Gasteiger partial charge in [0.25, 0.3) is 5.91 Å². The lowest BCUT2D eigenvalue weighted by Crippen LogP contribution is -2.41. The number of aryl methyl sites for hydroxylation is 1. The van der Waals surface area contributed by atoms with Crippen molar-refractivity contribution in [2.75, 3.05) is 31.8 Å². The summed E-state index contributed by atoms with van der Waals surface area (Å²) in [6.07, 6.45) is 3.43. The Morgan fingerprint density at radius 3 is 2.53 bits per heavy atom. The molecule has 1 aliphatic heterocycles. The highest BCUT2D eigenvalue weighted by Crippen LogP contribution is 2.31. The number of esters is 1. The van der Waals surface area contributed by atoms with E-state index in [0.717, 1.165) is 17.8 Å². The number of halogens is 2. The lowest BCUT2D eigenvalue weighted by Gasteiger charge is -2.30. The summed E-state index contributed by atoms with van der Waals surface area (Å²) in [5, 5.41) is 6.78. The SMILES string of the molecule is COC(=O)[C@H]1CC[C@H](OC[C@@H]2C[C@H](S(C)(=O)=O)CN2C(=O)Cc2cc(Cl)c(NC(=O)c3nn(C)c4ccccc34)cc2F)CC1. The molecule has 1 aliphatic carbocycles. The second-order valence-electron chi connectivity index (χ2n) is 11.8. The van der Waals surface area contributed by atoms with Crippen LogP contribution < -0.4 is 5.32 Å². The van der Waals surface area contributed by atoms with Crippen LogP contribution in [-0.2, 0) is 42.4 Å². The molecule has 2 atom stereocenters. The normalized spacial score (nSPS) is 22.0. The molecular formula is C31H36ClFN4O7S. The van der Waals surface area contributed by atoms with Gasteiger partial charge in [-0.15, -0.1) is 0 Å². The number of rotatable bonds is 9. The number of aromatic nitrogens is 2. The van der Waals surface area contributed by atoms with Crippen LogP contribution in [0.5, 0.6) is 0 Å². The molecule has 1 saturated heterocycles. The summed E-state index contributed by atoms with van der Waals surface area (Å²) in [6.45, 7) is 0.101. The third-order valence-corrected chi connectivity index (χ3v) is 10.6. The van der Waals surface area contributed by atoms with Crippen LogP contribution in [0, 0.1) is 11.7 Å². The molecule has 5 rings (SSSR count). The maximum Gasteiger partial charge on any atom is 0.308 e. The Labute approximate surface area is 265 Å². The van der Waals surface area contributed by atoms with Crippen molar-refractivity contribution in [1.29, 1.82) is 0 Å². The zero-order valence-electron chi connectivity index (χ0n) is 25.3. The first kappa shape index (κ1) is 32.8. The number of para-hydroxylation sites is 1. The molecule has 11 nitrogen and oxygen atoms in total. The number of anilines is 1. The zero-order chi connectivity index (χ0) is 32.5. The molecule has 2 amide bonds. The number of hydrogen-bond donors (Lipinski definition) is 1. The average molecular weight is 663 g/mol. The molecule has 0 unspecified atom stereocenters. The van der Waals surface area contributed by atoms with Crippen molar-refractivity contribution in [3.8, 4) is 0 Å². The molecule has 1 aromatic heterocycles. The first-order valence-corrected chi connectivity index (χ1v) is 17.1. The monoisotopic (exact) mass is 662 g/mol. The first-order valence-electron chi connectivity index (χ1n) is 14.7. The minimum Gasteiger partial charge on any atom is -0.469 e. The van der Waals surface area contributed by atoms with Gasteiger partial charge in [0.1, 0.15) is 5.82 Å². The Morgan fingerprint density at radius 2 is 1.84 bits per heavy atom. The number of fused-ring (bicyclic) bond motifs is 1. The van der Waals surface area contributed by atoms with Crippen LogP contribution in [0.2, 0.25) is 5.02 Å². The topological polar surface area (TPSA) is 137 Å². The fourth-order valence-corrected chi connectivity index (χ4v) is 7.41. The van der Waals surface area contributed by atoms with E-state index in [2.05, 4.69) is 10.4 Å². The molecular weight excluding hydrogens is 627 g/mol. The van der Waals surface area contributed by atoms with Crippen molar-refractivity contribution in [3.63, 3.8) is 0 Å².